The molecule has 18 heavy (non-hydrogen) atoms. The molecule has 0 aromatic heterocycles. The largest absolute Gasteiger partial charge is 0.494 e. The first-order chi connectivity index (χ1) is 8.67. The summed E-state index contributed by atoms with van der Waals surface area (Å²) in [7, 11) is 0. The van der Waals surface area contributed by atoms with E-state index in [0.717, 1.165) is 5.56 Å². The van der Waals surface area contributed by atoms with Gasteiger partial charge >= 0.3 is 5.97 Å². The quantitative estimate of drug-likeness (QED) is 0.549. The van der Waals surface area contributed by atoms with Gasteiger partial charge in [0.15, 0.2) is 0 Å². The van der Waals surface area contributed by atoms with E-state index >= 15 is 0 Å². The summed E-state index contributed by atoms with van der Waals surface area (Å²) in [6.07, 6.45) is 0.00326. The number of hydrogen-bond donors (Lipinski definition) is 0. The summed E-state index contributed by atoms with van der Waals surface area (Å²) in [5.74, 6) is 0.0502. The number of carbonyl (C=O) groups is 2. The molecule has 1 aromatic rings. The smallest absolute Gasteiger partial charge is 0.313 e. The first kappa shape index (κ1) is 14.2. The second kappa shape index (κ2) is 7.48. The summed E-state index contributed by atoms with van der Waals surface area (Å²) in [4.78, 5) is 22.9. The number of Topliss-reactive ketones (excluding diaryl/α,β-unsaturated/α-hetero) is 1. The minimum atomic E-state index is -0.476. The van der Waals surface area contributed by atoms with Crippen molar-refractivity contribution in [2.75, 3.05) is 13.2 Å². The lowest BCUT2D eigenvalue weighted by molar-refractivity contribution is -0.145. The predicted molar refractivity (Wildman–Crippen MR) is 67.6 cm³/mol. The van der Waals surface area contributed by atoms with Crippen LogP contribution in [0.4, 0.5) is 0 Å². The molecule has 0 atom stereocenters. The lowest BCUT2D eigenvalue weighted by atomic mass is 10.1. The van der Waals surface area contributed by atoms with Crippen LogP contribution in [0.5, 0.6) is 5.75 Å². The first-order valence-electron chi connectivity index (χ1n) is 6.05. The van der Waals surface area contributed by atoms with Crippen LogP contribution in [0.1, 0.15) is 25.8 Å². The molecule has 0 aliphatic rings. The molecule has 4 heteroatoms. The van der Waals surface area contributed by atoms with E-state index in [0.29, 0.717) is 19.0 Å². The molecular weight excluding hydrogens is 232 g/mol. The number of benzene rings is 1. The fraction of sp³-hybridized carbons (Fsp3) is 0.429. The molecule has 0 saturated carbocycles. The third-order valence-electron chi connectivity index (χ3n) is 2.31. The summed E-state index contributed by atoms with van der Waals surface area (Å²) in [5.41, 5.74) is 0.800. The second-order valence-electron chi connectivity index (χ2n) is 3.74. The van der Waals surface area contributed by atoms with Gasteiger partial charge in [-0.3, -0.25) is 9.59 Å². The van der Waals surface area contributed by atoms with Gasteiger partial charge in [-0.15, -0.1) is 0 Å². The van der Waals surface area contributed by atoms with Crippen LogP contribution < -0.4 is 4.74 Å². The fourth-order valence-corrected chi connectivity index (χ4v) is 1.59. The molecule has 0 saturated heterocycles. The minimum Gasteiger partial charge on any atom is -0.494 e. The molecule has 0 heterocycles. The van der Waals surface area contributed by atoms with Gasteiger partial charge in [0.05, 0.1) is 13.2 Å². The summed E-state index contributed by atoms with van der Waals surface area (Å²) < 4.78 is 10.2. The van der Waals surface area contributed by atoms with Gasteiger partial charge in [0.2, 0.25) is 0 Å². The topological polar surface area (TPSA) is 52.6 Å². The van der Waals surface area contributed by atoms with Gasteiger partial charge in [-0.2, -0.15) is 0 Å². The number of ether oxygens (including phenoxy) is 2. The average molecular weight is 250 g/mol. The number of hydrogen-bond acceptors (Lipinski definition) is 4. The lowest BCUT2D eigenvalue weighted by Gasteiger charge is -2.09. The van der Waals surface area contributed by atoms with Crippen molar-refractivity contribution in [2.45, 2.75) is 26.7 Å². The Hall–Kier alpha value is -1.84. The van der Waals surface area contributed by atoms with Gasteiger partial charge in [0.25, 0.3) is 0 Å². The summed E-state index contributed by atoms with van der Waals surface area (Å²) in [5, 5.41) is 0. The average Bonchev–Trinajstić information content (AvgIpc) is 2.32. The highest BCUT2D eigenvalue weighted by molar-refractivity contribution is 5.96. The van der Waals surface area contributed by atoms with Gasteiger partial charge in [-0.25, -0.2) is 0 Å². The van der Waals surface area contributed by atoms with Crippen LogP contribution in [-0.2, 0) is 20.7 Å². The van der Waals surface area contributed by atoms with Crippen molar-refractivity contribution in [3.8, 4) is 5.75 Å². The van der Waals surface area contributed by atoms with E-state index in [9.17, 15) is 9.59 Å². The lowest BCUT2D eigenvalue weighted by Crippen LogP contribution is -2.13. The fourth-order valence-electron chi connectivity index (χ4n) is 1.59. The number of ketones is 1. The van der Waals surface area contributed by atoms with E-state index in [-0.39, 0.29) is 18.6 Å². The highest BCUT2D eigenvalue weighted by atomic mass is 16.5. The molecule has 0 N–H and O–H groups in total. The molecule has 0 fully saturated rings. The Morgan fingerprint density at radius 2 is 1.83 bits per heavy atom. The minimum absolute atomic E-state index is 0.166. The van der Waals surface area contributed by atoms with Crippen molar-refractivity contribution in [2.24, 2.45) is 0 Å². The van der Waals surface area contributed by atoms with Gasteiger partial charge in [0, 0.05) is 12.0 Å². The van der Waals surface area contributed by atoms with Gasteiger partial charge in [-0.05, 0) is 19.9 Å². The second-order valence-corrected chi connectivity index (χ2v) is 3.74. The highest BCUT2D eigenvalue weighted by Crippen LogP contribution is 2.19. The number of esters is 1. The van der Waals surface area contributed by atoms with Crippen molar-refractivity contribution in [1.29, 1.82) is 0 Å². The third kappa shape index (κ3) is 4.57. The van der Waals surface area contributed by atoms with Crippen LogP contribution in [0, 0.1) is 0 Å². The molecule has 4 nitrogen and oxygen atoms in total. The summed E-state index contributed by atoms with van der Waals surface area (Å²) in [6.45, 7) is 4.44. The van der Waals surface area contributed by atoms with Gasteiger partial charge in [-0.1, -0.05) is 18.2 Å². The molecule has 0 aliphatic carbocycles. The Morgan fingerprint density at radius 3 is 2.50 bits per heavy atom. The molecule has 0 amide bonds. The molecule has 0 bridgehead atoms. The van der Waals surface area contributed by atoms with E-state index in [1.54, 1.807) is 6.92 Å². The zero-order valence-electron chi connectivity index (χ0n) is 10.8. The van der Waals surface area contributed by atoms with E-state index in [1.807, 2.05) is 31.2 Å². The Balaban J connectivity index is 2.61. The van der Waals surface area contributed by atoms with E-state index in [4.69, 9.17) is 9.47 Å². The zero-order valence-corrected chi connectivity index (χ0v) is 10.8. The van der Waals surface area contributed by atoms with Crippen LogP contribution >= 0.6 is 0 Å². The molecule has 0 radical (unpaired) electrons. The molecule has 0 aliphatic heterocycles. The highest BCUT2D eigenvalue weighted by Gasteiger charge is 2.13. The Morgan fingerprint density at radius 1 is 1.11 bits per heavy atom. The Kier molecular flexibility index (Phi) is 5.91. The van der Waals surface area contributed by atoms with E-state index in [2.05, 4.69) is 0 Å². The number of para-hydroxylation sites is 1. The van der Waals surface area contributed by atoms with Crippen LogP contribution in [0.25, 0.3) is 0 Å². The molecule has 0 spiro atoms. The standard InChI is InChI=1S/C14H18O4/c1-3-17-13-8-6-5-7-11(13)9-12(15)10-14(16)18-4-2/h5-8H,3-4,9-10H2,1-2H3. The molecule has 1 rings (SSSR count). The number of carbonyl (C=O) groups excluding carboxylic acids is 2. The predicted octanol–water partition coefficient (Wildman–Crippen LogP) is 2.15. The Bertz CT molecular complexity index is 412. The SMILES string of the molecule is CCOC(=O)CC(=O)Cc1ccccc1OCC. The van der Waals surface area contributed by atoms with Crippen molar-refractivity contribution in [3.05, 3.63) is 29.8 Å². The number of rotatable bonds is 7. The van der Waals surface area contributed by atoms with Crippen LogP contribution in [0.3, 0.4) is 0 Å². The maximum atomic E-state index is 11.7. The maximum absolute atomic E-state index is 11.7. The molecule has 98 valence electrons. The van der Waals surface area contributed by atoms with Crippen LogP contribution in [0.15, 0.2) is 24.3 Å². The van der Waals surface area contributed by atoms with E-state index in [1.165, 1.54) is 0 Å². The first-order valence-corrected chi connectivity index (χ1v) is 6.05. The van der Waals surface area contributed by atoms with Crippen molar-refractivity contribution >= 4 is 11.8 Å². The summed E-state index contributed by atoms with van der Waals surface area (Å²) >= 11 is 0. The third-order valence-corrected chi connectivity index (χ3v) is 2.31. The van der Waals surface area contributed by atoms with E-state index < -0.39 is 5.97 Å². The normalized spacial score (nSPS) is 9.89. The monoisotopic (exact) mass is 250 g/mol. The van der Waals surface area contributed by atoms with Gasteiger partial charge in [0.1, 0.15) is 18.0 Å². The zero-order chi connectivity index (χ0) is 13.4. The van der Waals surface area contributed by atoms with Gasteiger partial charge < -0.3 is 9.47 Å². The van der Waals surface area contributed by atoms with Crippen molar-refractivity contribution < 1.29 is 19.1 Å². The molecule has 0 unspecified atom stereocenters. The van der Waals surface area contributed by atoms with Crippen LogP contribution in [-0.4, -0.2) is 25.0 Å². The Labute approximate surface area is 107 Å². The molecular formula is C14H18O4. The summed E-state index contributed by atoms with van der Waals surface area (Å²) in [6, 6.07) is 7.34. The molecule has 1 aromatic carbocycles. The van der Waals surface area contributed by atoms with Crippen molar-refractivity contribution in [3.63, 3.8) is 0 Å². The van der Waals surface area contributed by atoms with Crippen LogP contribution in [0.2, 0.25) is 0 Å². The van der Waals surface area contributed by atoms with Crippen molar-refractivity contribution in [1.82, 2.24) is 0 Å². The maximum Gasteiger partial charge on any atom is 0.313 e.